The van der Waals surface area contributed by atoms with Gasteiger partial charge in [-0.2, -0.15) is 0 Å². The van der Waals surface area contributed by atoms with Crippen molar-refractivity contribution in [1.82, 2.24) is 0 Å². The first-order chi connectivity index (χ1) is 6.35. The van der Waals surface area contributed by atoms with E-state index >= 15 is 0 Å². The molecule has 0 bridgehead atoms. The minimum atomic E-state index is -0.706. The van der Waals surface area contributed by atoms with Crippen molar-refractivity contribution in [3.05, 3.63) is 0 Å². The zero-order chi connectivity index (χ0) is 11.4. The third-order valence-electron chi connectivity index (χ3n) is 1.95. The van der Waals surface area contributed by atoms with Crippen LogP contribution in [0.15, 0.2) is 0 Å². The molecule has 0 heterocycles. The largest absolute Gasteiger partial charge is 0.435 e. The van der Waals surface area contributed by atoms with Crippen LogP contribution in [0.5, 0.6) is 0 Å². The smallest absolute Gasteiger partial charge is 0.310 e. The lowest BCUT2D eigenvalue weighted by molar-refractivity contribution is -0.206. The van der Waals surface area contributed by atoms with E-state index < -0.39 is 11.7 Å². The Bertz CT molecular complexity index is 187. The molecule has 0 aliphatic rings. The Balaban J connectivity index is 4.37. The fourth-order valence-corrected chi connectivity index (χ4v) is 0.843. The molecule has 0 saturated heterocycles. The van der Waals surface area contributed by atoms with Crippen molar-refractivity contribution < 1.29 is 19.4 Å². The van der Waals surface area contributed by atoms with Crippen LogP contribution in [0, 0.1) is 11.3 Å². The first-order valence-corrected chi connectivity index (χ1v) is 4.69. The Morgan fingerprint density at radius 1 is 1.43 bits per heavy atom. The molecule has 0 radical (unpaired) electrons. The fraction of sp³-hybridized carbons (Fsp3) is 0.900. The fourth-order valence-electron chi connectivity index (χ4n) is 0.843. The van der Waals surface area contributed by atoms with Gasteiger partial charge in [0.25, 0.3) is 0 Å². The monoisotopic (exact) mass is 204 g/mol. The number of aliphatic hydroxyl groups excluding tert-OH is 1. The average Bonchev–Trinajstić information content (AvgIpc) is 2.13. The molecular weight excluding hydrogens is 184 g/mol. The van der Waals surface area contributed by atoms with Gasteiger partial charge in [-0.05, 0) is 0 Å². The molecule has 0 saturated carbocycles. The molecule has 0 aromatic rings. The molecule has 14 heavy (non-hydrogen) atoms. The predicted molar refractivity (Wildman–Crippen MR) is 52.6 cm³/mol. The number of hydrogen-bond donors (Lipinski definition) is 1. The van der Waals surface area contributed by atoms with Crippen LogP contribution >= 0.6 is 0 Å². The Morgan fingerprint density at radius 2 is 1.93 bits per heavy atom. The van der Waals surface area contributed by atoms with E-state index in [1.165, 1.54) is 7.11 Å². The van der Waals surface area contributed by atoms with E-state index in [4.69, 9.17) is 14.6 Å². The molecule has 0 aromatic carbocycles. The van der Waals surface area contributed by atoms with Crippen molar-refractivity contribution in [2.24, 2.45) is 11.3 Å². The van der Waals surface area contributed by atoms with Crippen molar-refractivity contribution in [2.75, 3.05) is 13.7 Å². The van der Waals surface area contributed by atoms with Gasteiger partial charge in [-0.3, -0.25) is 4.79 Å². The number of carbonyl (C=O) groups excluding carboxylic acids is 1. The van der Waals surface area contributed by atoms with Gasteiger partial charge in [0.15, 0.2) is 0 Å². The van der Waals surface area contributed by atoms with Gasteiger partial charge < -0.3 is 14.6 Å². The van der Waals surface area contributed by atoms with Gasteiger partial charge in [-0.1, -0.05) is 27.7 Å². The number of esters is 1. The average molecular weight is 204 g/mol. The van der Waals surface area contributed by atoms with Gasteiger partial charge in [0.05, 0.1) is 17.9 Å². The quantitative estimate of drug-likeness (QED) is 0.539. The second-order valence-electron chi connectivity index (χ2n) is 4.31. The number of hydrogen-bond acceptors (Lipinski definition) is 4. The van der Waals surface area contributed by atoms with Gasteiger partial charge in [0.1, 0.15) is 0 Å². The zero-order valence-electron chi connectivity index (χ0n) is 9.53. The van der Waals surface area contributed by atoms with E-state index in [-0.39, 0.29) is 18.5 Å². The van der Waals surface area contributed by atoms with E-state index in [2.05, 4.69) is 0 Å². The van der Waals surface area contributed by atoms with Gasteiger partial charge >= 0.3 is 5.97 Å². The summed E-state index contributed by atoms with van der Waals surface area (Å²) in [6, 6.07) is 0. The number of aliphatic hydroxyl groups is 1. The van der Waals surface area contributed by atoms with E-state index in [0.29, 0.717) is 0 Å². The Hall–Kier alpha value is -0.610. The van der Waals surface area contributed by atoms with Crippen LogP contribution in [0.2, 0.25) is 0 Å². The molecule has 1 unspecified atom stereocenters. The molecule has 4 nitrogen and oxygen atoms in total. The lowest BCUT2D eigenvalue weighted by atomic mass is 9.94. The lowest BCUT2D eigenvalue weighted by Gasteiger charge is -2.30. The molecule has 4 heteroatoms. The third kappa shape index (κ3) is 3.64. The lowest BCUT2D eigenvalue weighted by Crippen LogP contribution is -2.39. The summed E-state index contributed by atoms with van der Waals surface area (Å²) in [4.78, 5) is 11.3. The number of carbonyl (C=O) groups is 1. The van der Waals surface area contributed by atoms with Gasteiger partial charge in [0, 0.05) is 7.11 Å². The van der Waals surface area contributed by atoms with Crippen LogP contribution in [-0.4, -0.2) is 31.1 Å². The number of methoxy groups -OCH3 is 1. The van der Waals surface area contributed by atoms with Gasteiger partial charge in [0.2, 0.25) is 6.29 Å². The van der Waals surface area contributed by atoms with Crippen molar-refractivity contribution in [3.63, 3.8) is 0 Å². The summed E-state index contributed by atoms with van der Waals surface area (Å²) < 4.78 is 10.1. The molecule has 84 valence electrons. The molecule has 0 spiro atoms. The maximum absolute atomic E-state index is 11.3. The Morgan fingerprint density at radius 3 is 2.21 bits per heavy atom. The topological polar surface area (TPSA) is 55.8 Å². The normalized spacial score (nSPS) is 14.2. The Kier molecular flexibility index (Phi) is 5.08. The summed E-state index contributed by atoms with van der Waals surface area (Å²) in [5, 5.41) is 9.08. The standard InChI is InChI=1S/C10H20O4/c1-7(2)8(12)14-9(13-5)10(3,4)6-11/h7,9,11H,6H2,1-5H3. The summed E-state index contributed by atoms with van der Waals surface area (Å²) in [6.45, 7) is 6.95. The molecule has 0 amide bonds. The second-order valence-corrected chi connectivity index (χ2v) is 4.31. The van der Waals surface area contributed by atoms with Crippen LogP contribution in [-0.2, 0) is 14.3 Å². The van der Waals surface area contributed by atoms with Crippen LogP contribution in [0.1, 0.15) is 27.7 Å². The molecular formula is C10H20O4. The summed E-state index contributed by atoms with van der Waals surface area (Å²) >= 11 is 0. The van der Waals surface area contributed by atoms with Gasteiger partial charge in [-0.25, -0.2) is 0 Å². The summed E-state index contributed by atoms with van der Waals surface area (Å²) in [6.07, 6.45) is -0.706. The van der Waals surface area contributed by atoms with Crippen molar-refractivity contribution in [1.29, 1.82) is 0 Å². The van der Waals surface area contributed by atoms with E-state index in [0.717, 1.165) is 0 Å². The molecule has 1 N–H and O–H groups in total. The first-order valence-electron chi connectivity index (χ1n) is 4.69. The minimum Gasteiger partial charge on any atom is -0.435 e. The molecule has 0 aliphatic carbocycles. The molecule has 0 rings (SSSR count). The number of rotatable bonds is 5. The van der Waals surface area contributed by atoms with Crippen molar-refractivity contribution in [2.45, 2.75) is 34.0 Å². The highest BCUT2D eigenvalue weighted by atomic mass is 16.7. The highest BCUT2D eigenvalue weighted by Gasteiger charge is 2.32. The van der Waals surface area contributed by atoms with Gasteiger partial charge in [-0.15, -0.1) is 0 Å². The minimum absolute atomic E-state index is 0.100. The second kappa shape index (κ2) is 5.32. The molecule has 0 aliphatic heterocycles. The Labute approximate surface area is 85.2 Å². The summed E-state index contributed by atoms with van der Waals surface area (Å²) in [7, 11) is 1.45. The highest BCUT2D eigenvalue weighted by Crippen LogP contribution is 2.23. The predicted octanol–water partition coefficient (Wildman–Crippen LogP) is 1.18. The van der Waals surface area contributed by atoms with E-state index in [1.807, 2.05) is 0 Å². The maximum Gasteiger partial charge on any atom is 0.310 e. The number of ether oxygens (including phenoxy) is 2. The van der Waals surface area contributed by atoms with Crippen LogP contribution < -0.4 is 0 Å². The molecule has 0 fully saturated rings. The van der Waals surface area contributed by atoms with Crippen LogP contribution in [0.25, 0.3) is 0 Å². The highest BCUT2D eigenvalue weighted by molar-refractivity contribution is 5.71. The summed E-state index contributed by atoms with van der Waals surface area (Å²) in [5.41, 5.74) is -0.584. The van der Waals surface area contributed by atoms with Crippen LogP contribution in [0.4, 0.5) is 0 Å². The SMILES string of the molecule is COC(OC(=O)C(C)C)C(C)(C)CO. The molecule has 0 aromatic heterocycles. The van der Waals surface area contributed by atoms with Crippen molar-refractivity contribution in [3.8, 4) is 0 Å². The zero-order valence-corrected chi connectivity index (χ0v) is 9.53. The van der Waals surface area contributed by atoms with E-state index in [1.54, 1.807) is 27.7 Å². The summed E-state index contributed by atoms with van der Waals surface area (Å²) in [5.74, 6) is -0.513. The molecule has 1 atom stereocenters. The maximum atomic E-state index is 11.3. The van der Waals surface area contributed by atoms with Crippen molar-refractivity contribution >= 4 is 5.97 Å². The first kappa shape index (κ1) is 13.4. The van der Waals surface area contributed by atoms with E-state index in [9.17, 15) is 4.79 Å². The van der Waals surface area contributed by atoms with Crippen LogP contribution in [0.3, 0.4) is 0 Å². The third-order valence-corrected chi connectivity index (χ3v) is 1.95.